The predicted octanol–water partition coefficient (Wildman–Crippen LogP) is 4.23. The van der Waals surface area contributed by atoms with Crippen molar-refractivity contribution in [3.05, 3.63) is 53.9 Å². The van der Waals surface area contributed by atoms with Crippen molar-refractivity contribution in [3.8, 4) is 22.9 Å². The van der Waals surface area contributed by atoms with Gasteiger partial charge in [0.1, 0.15) is 22.9 Å². The highest BCUT2D eigenvalue weighted by Crippen LogP contribution is 2.24. The number of benzene rings is 1. The minimum absolute atomic E-state index is 0.159. The lowest BCUT2D eigenvalue weighted by Crippen LogP contribution is -2.27. The van der Waals surface area contributed by atoms with Crippen LogP contribution in [-0.2, 0) is 0 Å². The van der Waals surface area contributed by atoms with E-state index in [4.69, 9.17) is 9.15 Å². The predicted molar refractivity (Wildman–Crippen MR) is 104 cm³/mol. The number of carbonyl (C=O) groups is 1. The summed E-state index contributed by atoms with van der Waals surface area (Å²) in [5.41, 5.74) is 1.86. The molecule has 2 aromatic heterocycles. The summed E-state index contributed by atoms with van der Waals surface area (Å²) >= 11 is 0. The monoisotopic (exact) mass is 367 g/mol. The highest BCUT2D eigenvalue weighted by Gasteiger charge is 2.19. The normalized spacial score (nSPS) is 11.0. The van der Waals surface area contributed by atoms with Gasteiger partial charge in [0.15, 0.2) is 5.76 Å². The van der Waals surface area contributed by atoms with Crippen LogP contribution in [-0.4, -0.2) is 29.3 Å². The number of rotatable bonds is 7. The molecule has 0 fully saturated rings. The van der Waals surface area contributed by atoms with Crippen LogP contribution in [0.2, 0.25) is 0 Å². The molecule has 2 heterocycles. The van der Waals surface area contributed by atoms with Gasteiger partial charge in [-0.25, -0.2) is 4.68 Å². The maximum atomic E-state index is 12.8. The number of methoxy groups -OCH3 is 1. The van der Waals surface area contributed by atoms with Crippen molar-refractivity contribution in [1.82, 2.24) is 15.1 Å². The molecule has 0 saturated heterocycles. The summed E-state index contributed by atoms with van der Waals surface area (Å²) in [6.45, 7) is 6.76. The van der Waals surface area contributed by atoms with Crippen LogP contribution in [0.3, 0.4) is 0 Å². The molecule has 0 aliphatic heterocycles. The minimum Gasteiger partial charge on any atom is -0.497 e. The van der Waals surface area contributed by atoms with E-state index in [1.165, 1.54) is 0 Å². The summed E-state index contributed by atoms with van der Waals surface area (Å²) in [5, 5.41) is 7.58. The smallest absolute Gasteiger partial charge is 0.270 e. The Labute approximate surface area is 159 Å². The van der Waals surface area contributed by atoms with Crippen molar-refractivity contribution >= 4 is 5.91 Å². The van der Waals surface area contributed by atoms with E-state index in [0.717, 1.165) is 23.6 Å². The largest absolute Gasteiger partial charge is 0.497 e. The van der Waals surface area contributed by atoms with Gasteiger partial charge in [-0.3, -0.25) is 4.79 Å². The molecule has 0 saturated carbocycles. The average molecular weight is 367 g/mol. The fourth-order valence-electron chi connectivity index (χ4n) is 2.72. The second-order valence-electron chi connectivity index (χ2n) is 6.87. The van der Waals surface area contributed by atoms with Crippen LogP contribution in [0.25, 0.3) is 17.1 Å². The van der Waals surface area contributed by atoms with Gasteiger partial charge < -0.3 is 14.5 Å². The third kappa shape index (κ3) is 4.39. The molecule has 6 nitrogen and oxygen atoms in total. The third-order valence-corrected chi connectivity index (χ3v) is 4.26. The third-order valence-electron chi connectivity index (χ3n) is 4.26. The van der Waals surface area contributed by atoms with Crippen molar-refractivity contribution < 1.29 is 13.9 Å². The Morgan fingerprint density at radius 1 is 1.22 bits per heavy atom. The lowest BCUT2D eigenvalue weighted by Gasteiger charge is -2.10. The summed E-state index contributed by atoms with van der Waals surface area (Å²) in [6, 6.07) is 12.9. The molecule has 3 rings (SSSR count). The van der Waals surface area contributed by atoms with Crippen LogP contribution in [0.5, 0.6) is 5.75 Å². The Balaban J connectivity index is 1.95. The summed E-state index contributed by atoms with van der Waals surface area (Å²) in [6.07, 6.45) is 0.923. The number of hydrogen-bond acceptors (Lipinski definition) is 4. The number of amides is 1. The fraction of sp³-hybridized carbons (Fsp3) is 0.333. The van der Waals surface area contributed by atoms with Crippen molar-refractivity contribution in [2.24, 2.45) is 5.92 Å². The van der Waals surface area contributed by atoms with E-state index in [9.17, 15) is 4.79 Å². The van der Waals surface area contributed by atoms with Gasteiger partial charge >= 0.3 is 0 Å². The highest BCUT2D eigenvalue weighted by atomic mass is 16.5. The summed E-state index contributed by atoms with van der Waals surface area (Å²) in [7, 11) is 1.62. The molecule has 0 bridgehead atoms. The molecule has 1 N–H and O–H groups in total. The second-order valence-corrected chi connectivity index (χ2v) is 6.87. The lowest BCUT2D eigenvalue weighted by molar-refractivity contribution is 0.0944. The van der Waals surface area contributed by atoms with Gasteiger partial charge in [0.05, 0.1) is 12.8 Å². The van der Waals surface area contributed by atoms with Gasteiger partial charge in [0, 0.05) is 12.6 Å². The quantitative estimate of drug-likeness (QED) is 0.679. The first-order valence-electron chi connectivity index (χ1n) is 9.07. The van der Waals surface area contributed by atoms with Gasteiger partial charge in [-0.2, -0.15) is 5.10 Å². The van der Waals surface area contributed by atoms with Gasteiger partial charge in [-0.05, 0) is 55.7 Å². The molecule has 1 amide bonds. The highest BCUT2D eigenvalue weighted by molar-refractivity contribution is 5.94. The van der Waals surface area contributed by atoms with Crippen molar-refractivity contribution in [3.63, 3.8) is 0 Å². The van der Waals surface area contributed by atoms with Gasteiger partial charge in [-0.1, -0.05) is 13.8 Å². The molecule has 27 heavy (non-hydrogen) atoms. The Morgan fingerprint density at radius 3 is 2.56 bits per heavy atom. The Hall–Kier alpha value is -3.02. The molecule has 0 radical (unpaired) electrons. The van der Waals surface area contributed by atoms with Gasteiger partial charge in [0.25, 0.3) is 5.91 Å². The molecule has 1 aromatic carbocycles. The number of aryl methyl sites for hydroxylation is 1. The van der Waals surface area contributed by atoms with Gasteiger partial charge in [0.2, 0.25) is 0 Å². The van der Waals surface area contributed by atoms with E-state index in [2.05, 4.69) is 24.3 Å². The van der Waals surface area contributed by atoms with Crippen molar-refractivity contribution in [2.75, 3.05) is 13.7 Å². The zero-order chi connectivity index (χ0) is 19.4. The van der Waals surface area contributed by atoms with Gasteiger partial charge in [-0.15, -0.1) is 0 Å². The molecule has 0 spiro atoms. The summed E-state index contributed by atoms with van der Waals surface area (Å²) in [4.78, 5) is 12.8. The fourth-order valence-corrected chi connectivity index (χ4v) is 2.72. The summed E-state index contributed by atoms with van der Waals surface area (Å²) < 4.78 is 12.5. The Morgan fingerprint density at radius 2 is 1.96 bits per heavy atom. The second kappa shape index (κ2) is 8.12. The molecule has 0 unspecified atom stereocenters. The van der Waals surface area contributed by atoms with E-state index in [1.807, 2.05) is 43.3 Å². The molecule has 3 aromatic rings. The number of aromatic nitrogens is 2. The lowest BCUT2D eigenvalue weighted by atomic mass is 10.1. The van der Waals surface area contributed by atoms with Crippen LogP contribution in [0.4, 0.5) is 0 Å². The molecule has 0 aliphatic carbocycles. The zero-order valence-electron chi connectivity index (χ0n) is 16.2. The zero-order valence-corrected chi connectivity index (χ0v) is 16.2. The Bertz CT molecular complexity index is 907. The maximum absolute atomic E-state index is 12.8. The van der Waals surface area contributed by atoms with Crippen LogP contribution in [0.15, 0.2) is 46.9 Å². The van der Waals surface area contributed by atoms with Crippen molar-refractivity contribution in [2.45, 2.75) is 27.2 Å². The number of hydrogen-bond donors (Lipinski definition) is 1. The number of nitrogens with zero attached hydrogens (tertiary/aromatic N) is 2. The van der Waals surface area contributed by atoms with Crippen LogP contribution in [0, 0.1) is 12.8 Å². The number of nitrogens with one attached hydrogen (secondary N) is 1. The topological polar surface area (TPSA) is 69.3 Å². The standard InChI is InChI=1S/C21H25N3O3/c1-14(2)11-12-22-21(25)19-13-18(20-10-5-15(3)27-20)23-24(19)16-6-8-17(26-4)9-7-16/h5-10,13-14H,11-12H2,1-4H3,(H,22,25). The first kappa shape index (κ1) is 18.8. The van der Waals surface area contributed by atoms with Crippen LogP contribution in [0.1, 0.15) is 36.5 Å². The van der Waals surface area contributed by atoms with E-state index in [1.54, 1.807) is 17.9 Å². The molecule has 6 heteroatoms. The number of carbonyl (C=O) groups excluding carboxylic acids is 1. The Kier molecular flexibility index (Phi) is 5.64. The SMILES string of the molecule is COc1ccc(-n2nc(-c3ccc(C)o3)cc2C(=O)NCCC(C)C)cc1. The first-order chi connectivity index (χ1) is 13.0. The van der Waals surface area contributed by atoms with Crippen LogP contribution >= 0.6 is 0 Å². The molecule has 0 atom stereocenters. The van der Waals surface area contributed by atoms with Crippen molar-refractivity contribution in [1.29, 1.82) is 0 Å². The molecule has 0 aliphatic rings. The number of ether oxygens (including phenoxy) is 1. The number of furan rings is 1. The van der Waals surface area contributed by atoms with E-state index in [-0.39, 0.29) is 5.91 Å². The van der Waals surface area contributed by atoms with E-state index in [0.29, 0.717) is 29.6 Å². The average Bonchev–Trinajstić information content (AvgIpc) is 3.28. The molecular weight excluding hydrogens is 342 g/mol. The van der Waals surface area contributed by atoms with E-state index < -0.39 is 0 Å². The van der Waals surface area contributed by atoms with E-state index >= 15 is 0 Å². The molecule has 142 valence electrons. The molecular formula is C21H25N3O3. The van der Waals surface area contributed by atoms with Crippen LogP contribution < -0.4 is 10.1 Å². The first-order valence-corrected chi connectivity index (χ1v) is 9.07. The maximum Gasteiger partial charge on any atom is 0.270 e. The summed E-state index contributed by atoms with van der Waals surface area (Å²) in [5.74, 6) is 2.55. The minimum atomic E-state index is -0.159.